The molecule has 3 heteroatoms. The van der Waals surface area contributed by atoms with E-state index in [1.807, 2.05) is 0 Å². The van der Waals surface area contributed by atoms with E-state index in [1.54, 1.807) is 19.2 Å². The molecule has 0 bridgehead atoms. The van der Waals surface area contributed by atoms with E-state index < -0.39 is 0 Å². The zero-order chi connectivity index (χ0) is 11.1. The third-order valence-corrected chi connectivity index (χ3v) is 2.75. The molecule has 0 saturated heterocycles. The average Bonchev–Trinajstić information content (AvgIpc) is 2.55. The summed E-state index contributed by atoms with van der Waals surface area (Å²) in [5.74, 6) is 1.41. The summed E-state index contributed by atoms with van der Waals surface area (Å²) in [5, 5.41) is 0. The minimum Gasteiger partial charge on any atom is -0.493 e. The van der Waals surface area contributed by atoms with Gasteiger partial charge in [-0.05, 0) is 12.1 Å². The Morgan fingerprint density at radius 1 is 1.47 bits per heavy atom. The Labute approximate surface area is 89.0 Å². The first-order valence-electron chi connectivity index (χ1n) is 4.89. The number of fused-ring (bicyclic) bond motifs is 1. The molecule has 0 saturated carbocycles. The SMILES string of the molecule is COc1ccc(C=O)c2c1OCC2(C)C. The number of aldehydes is 1. The highest BCUT2D eigenvalue weighted by Crippen LogP contribution is 2.45. The fourth-order valence-electron chi connectivity index (χ4n) is 2.00. The van der Waals surface area contributed by atoms with Crippen molar-refractivity contribution in [3.05, 3.63) is 23.3 Å². The molecule has 0 aliphatic carbocycles. The molecule has 1 aliphatic rings. The normalized spacial score (nSPS) is 16.7. The van der Waals surface area contributed by atoms with Crippen LogP contribution >= 0.6 is 0 Å². The topological polar surface area (TPSA) is 35.5 Å². The van der Waals surface area contributed by atoms with Crippen LogP contribution in [0, 0.1) is 0 Å². The first-order chi connectivity index (χ1) is 7.10. The van der Waals surface area contributed by atoms with E-state index in [9.17, 15) is 4.79 Å². The molecule has 1 aliphatic heterocycles. The van der Waals surface area contributed by atoms with Crippen molar-refractivity contribution in [2.75, 3.05) is 13.7 Å². The predicted molar refractivity (Wildman–Crippen MR) is 56.9 cm³/mol. The van der Waals surface area contributed by atoms with Gasteiger partial charge in [-0.1, -0.05) is 13.8 Å². The maximum Gasteiger partial charge on any atom is 0.165 e. The summed E-state index contributed by atoms with van der Waals surface area (Å²) in [7, 11) is 1.60. The highest BCUT2D eigenvalue weighted by atomic mass is 16.5. The van der Waals surface area contributed by atoms with Crippen LogP contribution in [0.4, 0.5) is 0 Å². The van der Waals surface area contributed by atoms with E-state index in [1.165, 1.54) is 0 Å². The Morgan fingerprint density at radius 2 is 2.20 bits per heavy atom. The molecule has 0 amide bonds. The lowest BCUT2D eigenvalue weighted by molar-refractivity contribution is 0.112. The molecular weight excluding hydrogens is 192 g/mol. The van der Waals surface area contributed by atoms with Gasteiger partial charge in [-0.3, -0.25) is 4.79 Å². The van der Waals surface area contributed by atoms with Crippen LogP contribution in [0.1, 0.15) is 29.8 Å². The van der Waals surface area contributed by atoms with Gasteiger partial charge in [-0.15, -0.1) is 0 Å². The highest BCUT2D eigenvalue weighted by Gasteiger charge is 2.36. The molecule has 0 spiro atoms. The Hall–Kier alpha value is -1.51. The lowest BCUT2D eigenvalue weighted by Gasteiger charge is -2.17. The summed E-state index contributed by atoms with van der Waals surface area (Å²) in [6.45, 7) is 4.71. The van der Waals surface area contributed by atoms with E-state index in [0.717, 1.165) is 11.8 Å². The van der Waals surface area contributed by atoms with Gasteiger partial charge in [0.25, 0.3) is 0 Å². The van der Waals surface area contributed by atoms with E-state index in [0.29, 0.717) is 23.7 Å². The van der Waals surface area contributed by atoms with Crippen LogP contribution in [0.25, 0.3) is 0 Å². The van der Waals surface area contributed by atoms with Crippen LogP contribution in [0.15, 0.2) is 12.1 Å². The number of methoxy groups -OCH3 is 1. The van der Waals surface area contributed by atoms with Crippen molar-refractivity contribution in [3.63, 3.8) is 0 Å². The number of hydrogen-bond donors (Lipinski definition) is 0. The number of carbonyl (C=O) groups excluding carboxylic acids is 1. The molecule has 3 nitrogen and oxygen atoms in total. The molecule has 0 fully saturated rings. The lowest BCUT2D eigenvalue weighted by atomic mass is 9.84. The molecule has 1 heterocycles. The van der Waals surface area contributed by atoms with Crippen molar-refractivity contribution >= 4 is 6.29 Å². The molecule has 1 aromatic rings. The number of hydrogen-bond acceptors (Lipinski definition) is 3. The Balaban J connectivity index is 2.68. The van der Waals surface area contributed by atoms with Crippen molar-refractivity contribution in [1.29, 1.82) is 0 Å². The number of carbonyl (C=O) groups is 1. The number of benzene rings is 1. The van der Waals surface area contributed by atoms with Gasteiger partial charge in [0.05, 0.1) is 13.7 Å². The van der Waals surface area contributed by atoms with Gasteiger partial charge < -0.3 is 9.47 Å². The second-order valence-corrected chi connectivity index (χ2v) is 4.35. The second-order valence-electron chi connectivity index (χ2n) is 4.35. The molecule has 2 rings (SSSR count). The van der Waals surface area contributed by atoms with Crippen molar-refractivity contribution in [2.45, 2.75) is 19.3 Å². The van der Waals surface area contributed by atoms with Gasteiger partial charge >= 0.3 is 0 Å². The van der Waals surface area contributed by atoms with E-state index in [4.69, 9.17) is 9.47 Å². The van der Waals surface area contributed by atoms with Crippen molar-refractivity contribution in [2.24, 2.45) is 0 Å². The summed E-state index contributed by atoms with van der Waals surface area (Å²) in [4.78, 5) is 11.0. The minimum absolute atomic E-state index is 0.125. The maximum atomic E-state index is 11.0. The molecule has 80 valence electrons. The van der Waals surface area contributed by atoms with Gasteiger partial charge in [0.2, 0.25) is 0 Å². The van der Waals surface area contributed by atoms with Gasteiger partial charge in [-0.25, -0.2) is 0 Å². The molecular formula is C12H14O3. The molecule has 0 N–H and O–H groups in total. The predicted octanol–water partition coefficient (Wildman–Crippen LogP) is 2.18. The quantitative estimate of drug-likeness (QED) is 0.696. The summed E-state index contributed by atoms with van der Waals surface area (Å²) < 4.78 is 10.8. The van der Waals surface area contributed by atoms with E-state index >= 15 is 0 Å². The van der Waals surface area contributed by atoms with Crippen LogP contribution in [-0.4, -0.2) is 20.0 Å². The largest absolute Gasteiger partial charge is 0.493 e. The third-order valence-electron chi connectivity index (χ3n) is 2.75. The summed E-state index contributed by atoms with van der Waals surface area (Å²) in [6, 6.07) is 3.55. The molecule has 0 aromatic heterocycles. The fraction of sp³-hybridized carbons (Fsp3) is 0.417. The smallest absolute Gasteiger partial charge is 0.165 e. The van der Waals surface area contributed by atoms with Crippen LogP contribution in [0.5, 0.6) is 11.5 Å². The third kappa shape index (κ3) is 1.39. The monoisotopic (exact) mass is 206 g/mol. The minimum atomic E-state index is -0.125. The summed E-state index contributed by atoms with van der Waals surface area (Å²) >= 11 is 0. The zero-order valence-corrected chi connectivity index (χ0v) is 9.16. The van der Waals surface area contributed by atoms with Crippen LogP contribution in [0.2, 0.25) is 0 Å². The Bertz CT molecular complexity index is 408. The Morgan fingerprint density at radius 3 is 2.80 bits per heavy atom. The van der Waals surface area contributed by atoms with Crippen molar-refractivity contribution < 1.29 is 14.3 Å². The molecule has 0 unspecified atom stereocenters. The Kier molecular flexibility index (Phi) is 2.18. The maximum absolute atomic E-state index is 11.0. The van der Waals surface area contributed by atoms with Crippen molar-refractivity contribution in [1.82, 2.24) is 0 Å². The molecule has 0 radical (unpaired) electrons. The lowest BCUT2D eigenvalue weighted by Crippen LogP contribution is -2.19. The average molecular weight is 206 g/mol. The fourth-order valence-corrected chi connectivity index (χ4v) is 2.00. The van der Waals surface area contributed by atoms with E-state index in [2.05, 4.69) is 13.8 Å². The first kappa shape index (κ1) is 10.0. The van der Waals surface area contributed by atoms with Gasteiger partial charge in [0.15, 0.2) is 11.5 Å². The van der Waals surface area contributed by atoms with Crippen LogP contribution in [0.3, 0.4) is 0 Å². The van der Waals surface area contributed by atoms with Gasteiger partial charge in [0, 0.05) is 16.5 Å². The zero-order valence-electron chi connectivity index (χ0n) is 9.16. The van der Waals surface area contributed by atoms with E-state index in [-0.39, 0.29) is 5.41 Å². The summed E-state index contributed by atoms with van der Waals surface area (Å²) in [6.07, 6.45) is 0.870. The second kappa shape index (κ2) is 3.26. The summed E-state index contributed by atoms with van der Waals surface area (Å²) in [5.41, 5.74) is 1.52. The number of ether oxygens (including phenoxy) is 2. The van der Waals surface area contributed by atoms with Crippen LogP contribution < -0.4 is 9.47 Å². The highest BCUT2D eigenvalue weighted by molar-refractivity contribution is 5.81. The van der Waals surface area contributed by atoms with Gasteiger partial charge in [0.1, 0.15) is 6.29 Å². The van der Waals surface area contributed by atoms with Gasteiger partial charge in [-0.2, -0.15) is 0 Å². The number of rotatable bonds is 2. The van der Waals surface area contributed by atoms with Crippen molar-refractivity contribution in [3.8, 4) is 11.5 Å². The first-order valence-corrected chi connectivity index (χ1v) is 4.89. The molecule has 15 heavy (non-hydrogen) atoms. The standard InChI is InChI=1S/C12H14O3/c1-12(2)7-15-11-9(14-3)5-4-8(6-13)10(11)12/h4-6H,7H2,1-3H3. The van der Waals surface area contributed by atoms with Crippen LogP contribution in [-0.2, 0) is 5.41 Å². The molecule has 1 aromatic carbocycles. The molecule has 0 atom stereocenters.